The number of nitrogens with one attached hydrogen (secondary N) is 4. The zero-order chi connectivity index (χ0) is 11.1. The molecule has 0 aromatic heterocycles. The molecule has 0 aromatic carbocycles. The topological polar surface area (TPSA) is 82.3 Å². The molecule has 3 amide bonds. The summed E-state index contributed by atoms with van der Waals surface area (Å²) in [5, 5.41) is 6.02. The van der Waals surface area contributed by atoms with Crippen molar-refractivity contribution in [2.24, 2.45) is 0 Å². The van der Waals surface area contributed by atoms with E-state index in [9.17, 15) is 9.59 Å². The highest BCUT2D eigenvalue weighted by Gasteiger charge is 1.98. The Labute approximate surface area is 74.7 Å². The first-order chi connectivity index (χ1) is 6.49. The van der Waals surface area contributed by atoms with Gasteiger partial charge in [-0.2, -0.15) is 0 Å². The Morgan fingerprint density at radius 2 is 2.17 bits per heavy atom. The van der Waals surface area contributed by atoms with Crippen LogP contribution < -0.4 is 21.1 Å². The van der Waals surface area contributed by atoms with Crippen molar-refractivity contribution in [3.63, 3.8) is 0 Å². The second-order valence-electron chi connectivity index (χ2n) is 1.99. The fourth-order valence-electron chi connectivity index (χ4n) is 0.419. The molecule has 0 bridgehead atoms. The van der Waals surface area contributed by atoms with Gasteiger partial charge in [0.25, 0.3) is 0 Å². The van der Waals surface area contributed by atoms with Crippen LogP contribution in [-0.4, -0.2) is 33.2 Å². The Bertz CT molecular complexity index is 218. The highest BCUT2D eigenvalue weighted by molar-refractivity contribution is 6.38. The van der Waals surface area contributed by atoms with E-state index in [0.717, 1.165) is 0 Å². The first-order valence-electron chi connectivity index (χ1n) is 4.34. The van der Waals surface area contributed by atoms with Crippen molar-refractivity contribution in [1.29, 1.82) is 0 Å². The molecule has 7 heteroatoms. The number of amides is 3. The van der Waals surface area contributed by atoms with Gasteiger partial charge in [0.05, 0.1) is 6.67 Å². The van der Waals surface area contributed by atoms with Crippen molar-refractivity contribution in [3.8, 4) is 0 Å². The zero-order valence-electron chi connectivity index (χ0n) is 9.13. The van der Waals surface area contributed by atoms with Gasteiger partial charge in [-0.25, -0.2) is 0 Å². The average Bonchev–Trinajstić information content (AvgIpc) is 2.13. The summed E-state index contributed by atoms with van der Waals surface area (Å²) in [6, 6.07) is -0.669. The molecule has 0 atom stereocenters. The fourth-order valence-corrected chi connectivity index (χ4v) is 0.419. The van der Waals surface area contributed by atoms with Crippen LogP contribution in [0.15, 0.2) is 0 Å². The van der Waals surface area contributed by atoms with Crippen LogP contribution in [0.2, 0.25) is 2.82 Å². The largest absolute Gasteiger partial charge is 0.383 e. The van der Waals surface area contributed by atoms with E-state index in [4.69, 9.17) is 2.82 Å². The zero-order valence-corrected chi connectivity index (χ0v) is 7.13. The Balaban J connectivity index is 3.88. The lowest BCUT2D eigenvalue weighted by atomic mass is 10.2. The van der Waals surface area contributed by atoms with Gasteiger partial charge in [-0.05, 0) is 7.05 Å². The summed E-state index contributed by atoms with van der Waals surface area (Å²) in [7, 11) is 1.26. The van der Waals surface area contributed by atoms with Gasteiger partial charge in [0.2, 0.25) is 5.91 Å². The van der Waals surface area contributed by atoms with Crippen LogP contribution >= 0.6 is 0 Å². The summed E-state index contributed by atoms with van der Waals surface area (Å²) in [4.78, 5) is 21.6. The van der Waals surface area contributed by atoms with E-state index >= 15 is 0 Å². The maximum atomic E-state index is 11.0. The van der Waals surface area contributed by atoms with Crippen molar-refractivity contribution >= 4 is 19.5 Å². The molecule has 0 radical (unpaired) electrons. The van der Waals surface area contributed by atoms with E-state index < -0.39 is 11.9 Å². The third-order valence-corrected chi connectivity index (χ3v) is 0.924. The minimum Gasteiger partial charge on any atom is -0.383 e. The molecule has 6 nitrogen and oxygen atoms in total. The van der Waals surface area contributed by atoms with Gasteiger partial charge in [0, 0.05) is 6.92 Å². The Morgan fingerprint density at radius 1 is 1.50 bits per heavy atom. The van der Waals surface area contributed by atoms with Crippen LogP contribution in [-0.2, 0) is 4.79 Å². The fraction of sp³-hybridized carbons (Fsp3) is 0.600. The first kappa shape index (κ1) is 7.42. The normalized spacial score (nSPS) is 10.8. The molecule has 0 rings (SSSR count). The van der Waals surface area contributed by atoms with E-state index in [0.29, 0.717) is 10.4 Å². The smallest absolute Gasteiger partial charge is 0.357 e. The molecular formula is C5H13BN4O2. The molecule has 0 heterocycles. The summed E-state index contributed by atoms with van der Waals surface area (Å²) >= 11 is 0. The summed E-state index contributed by atoms with van der Waals surface area (Å²) < 4.78 is 14.2. The first-order valence-corrected chi connectivity index (χ1v) is 3.45. The molecule has 0 aromatic rings. The van der Waals surface area contributed by atoms with Gasteiger partial charge >= 0.3 is 13.6 Å². The lowest BCUT2D eigenvalue weighted by molar-refractivity contribution is -0.117. The Morgan fingerprint density at radius 3 is 2.67 bits per heavy atom. The second kappa shape index (κ2) is 6.47. The number of urea groups is 1. The lowest BCUT2D eigenvalue weighted by Crippen LogP contribution is -2.46. The molecular weight excluding hydrogens is 159 g/mol. The SMILES string of the molecule is [2H]N(BN([2H])C(=O)NCNC)C(C)=O. The maximum absolute atomic E-state index is 11.0. The van der Waals surface area contributed by atoms with Gasteiger partial charge in [-0.15, -0.1) is 0 Å². The van der Waals surface area contributed by atoms with Gasteiger partial charge < -0.3 is 21.1 Å². The summed E-state index contributed by atoms with van der Waals surface area (Å²) in [5.74, 6) is -0.524. The third-order valence-electron chi connectivity index (χ3n) is 0.924. The second-order valence-corrected chi connectivity index (χ2v) is 1.99. The summed E-state index contributed by atoms with van der Waals surface area (Å²) in [6.45, 7) is 1.42. The van der Waals surface area contributed by atoms with Crippen molar-refractivity contribution in [2.75, 3.05) is 13.7 Å². The number of hydrogen-bond donors (Lipinski definition) is 4. The molecule has 0 aliphatic rings. The Kier molecular flexibility index (Phi) is 4.00. The summed E-state index contributed by atoms with van der Waals surface area (Å²) in [5.41, 5.74) is 0. The van der Waals surface area contributed by atoms with E-state index in [-0.39, 0.29) is 14.2 Å². The van der Waals surface area contributed by atoms with Gasteiger partial charge in [-0.3, -0.25) is 9.59 Å². The van der Waals surface area contributed by atoms with E-state index in [1.165, 1.54) is 6.92 Å². The molecule has 0 fully saturated rings. The van der Waals surface area contributed by atoms with Gasteiger partial charge in [-0.1, -0.05) is 0 Å². The molecule has 0 aliphatic heterocycles. The van der Waals surface area contributed by atoms with Crippen LogP contribution in [0, 0.1) is 0 Å². The Hall–Kier alpha value is -1.24. The van der Waals surface area contributed by atoms with Crippen LogP contribution in [0.4, 0.5) is 4.79 Å². The van der Waals surface area contributed by atoms with Crippen LogP contribution in [0.3, 0.4) is 0 Å². The molecule has 0 spiro atoms. The third kappa shape index (κ3) is 6.88. The highest BCUT2D eigenvalue weighted by Crippen LogP contribution is 1.59. The van der Waals surface area contributed by atoms with E-state index in [1.54, 1.807) is 7.05 Å². The number of hydrogen-bond acceptors (Lipinski definition) is 3. The van der Waals surface area contributed by atoms with Gasteiger partial charge in [0.1, 0.15) is 2.82 Å². The van der Waals surface area contributed by atoms with Crippen LogP contribution in [0.1, 0.15) is 6.92 Å². The number of carbonyl (C=O) groups is 2. The van der Waals surface area contributed by atoms with Crippen molar-refractivity contribution < 1.29 is 12.4 Å². The molecule has 0 saturated heterocycles. The standard InChI is InChI=1S/C5H13BN4O2/c1-4(11)9-6-10-5(12)8-3-7-2/h6-7H,3H2,1-2H3,(H,9,11)(H2,8,10,12)/i/hD2. The average molecular weight is 174 g/mol. The monoisotopic (exact) mass is 174 g/mol. The predicted molar refractivity (Wildman–Crippen MR) is 46.6 cm³/mol. The van der Waals surface area contributed by atoms with Crippen molar-refractivity contribution in [3.05, 3.63) is 0 Å². The number of rotatable bonds is 4. The minimum absolute atomic E-state index is 0.228. The van der Waals surface area contributed by atoms with Crippen LogP contribution in [0.5, 0.6) is 0 Å². The molecule has 4 N–H and O–H groups in total. The quantitative estimate of drug-likeness (QED) is 0.290. The minimum atomic E-state index is -0.669. The van der Waals surface area contributed by atoms with E-state index in [2.05, 4.69) is 10.6 Å². The van der Waals surface area contributed by atoms with Crippen LogP contribution in [0.25, 0.3) is 0 Å². The lowest BCUT2D eigenvalue weighted by Gasteiger charge is -2.05. The predicted octanol–water partition coefficient (Wildman–Crippen LogP) is -2.13. The van der Waals surface area contributed by atoms with Crippen molar-refractivity contribution in [1.82, 2.24) is 21.1 Å². The summed E-state index contributed by atoms with van der Waals surface area (Å²) in [6.07, 6.45) is 0. The molecule has 0 unspecified atom stereocenters. The maximum Gasteiger partial charge on any atom is 0.357 e. The molecule has 0 saturated carbocycles. The molecule has 68 valence electrons. The molecule has 0 aliphatic carbocycles. The number of carbonyl (C=O) groups excluding carboxylic acids is 2. The van der Waals surface area contributed by atoms with E-state index in [1.807, 2.05) is 0 Å². The highest BCUT2D eigenvalue weighted by atomic mass is 16.2. The molecule has 12 heavy (non-hydrogen) atoms. The van der Waals surface area contributed by atoms with Crippen molar-refractivity contribution in [2.45, 2.75) is 6.92 Å². The van der Waals surface area contributed by atoms with Gasteiger partial charge in [0.15, 0.2) is 0 Å².